The smallest absolute Gasteiger partial charge is 0.141 e. The van der Waals surface area contributed by atoms with Crippen molar-refractivity contribution in [2.45, 2.75) is 13.8 Å². The summed E-state index contributed by atoms with van der Waals surface area (Å²) in [7, 11) is 0. The van der Waals surface area contributed by atoms with E-state index in [2.05, 4.69) is 110 Å². The number of pyridine rings is 1. The van der Waals surface area contributed by atoms with Crippen LogP contribution in [-0.2, 0) is 0 Å². The minimum Gasteiger partial charge on any atom is -0.301 e. The Morgan fingerprint density at radius 1 is 0.690 bits per heavy atom. The van der Waals surface area contributed by atoms with Crippen LogP contribution in [0.4, 0.5) is 0 Å². The summed E-state index contributed by atoms with van der Waals surface area (Å²) in [6, 6.07) is 31.9. The number of hydrogen-bond donors (Lipinski definition) is 0. The molecule has 3 aromatic carbocycles. The van der Waals surface area contributed by atoms with Crippen molar-refractivity contribution < 1.29 is 0 Å². The number of benzene rings is 3. The standard InChI is InChI=1S/C27H22N2/c1-19-12-14-21(15-13-19)24-18-25(22-8-4-3-5-9-22)28-27(20(24)2)29-17-16-23-10-6-7-11-26(23)29/h3-18H,1-2H3. The molecule has 0 atom stereocenters. The number of aromatic nitrogens is 2. The maximum Gasteiger partial charge on any atom is 0.141 e. The van der Waals surface area contributed by atoms with Gasteiger partial charge in [0.05, 0.1) is 11.2 Å². The Morgan fingerprint density at radius 3 is 2.21 bits per heavy atom. The van der Waals surface area contributed by atoms with Crippen molar-refractivity contribution in [1.29, 1.82) is 0 Å². The zero-order valence-corrected chi connectivity index (χ0v) is 16.6. The van der Waals surface area contributed by atoms with Crippen molar-refractivity contribution in [3.8, 4) is 28.2 Å². The number of nitrogens with zero attached hydrogens (tertiary/aromatic N) is 2. The largest absolute Gasteiger partial charge is 0.301 e. The number of rotatable bonds is 3. The van der Waals surface area contributed by atoms with Crippen molar-refractivity contribution in [2.24, 2.45) is 0 Å². The molecule has 140 valence electrons. The Kier molecular flexibility index (Phi) is 4.25. The van der Waals surface area contributed by atoms with Crippen LogP contribution in [0.25, 0.3) is 39.1 Å². The van der Waals surface area contributed by atoms with Crippen LogP contribution in [0.1, 0.15) is 11.1 Å². The molecule has 0 aliphatic carbocycles. The van der Waals surface area contributed by atoms with Gasteiger partial charge in [0.2, 0.25) is 0 Å². The molecule has 0 radical (unpaired) electrons. The minimum absolute atomic E-state index is 0.975. The van der Waals surface area contributed by atoms with Crippen LogP contribution in [0.5, 0.6) is 0 Å². The predicted molar refractivity (Wildman–Crippen MR) is 121 cm³/mol. The molecule has 0 saturated carbocycles. The van der Waals surface area contributed by atoms with E-state index in [4.69, 9.17) is 4.98 Å². The van der Waals surface area contributed by atoms with Crippen LogP contribution in [-0.4, -0.2) is 9.55 Å². The highest BCUT2D eigenvalue weighted by atomic mass is 15.1. The quantitative estimate of drug-likeness (QED) is 0.333. The monoisotopic (exact) mass is 374 g/mol. The normalized spacial score (nSPS) is 11.1. The van der Waals surface area contributed by atoms with Crippen LogP contribution >= 0.6 is 0 Å². The van der Waals surface area contributed by atoms with Gasteiger partial charge in [-0.05, 0) is 48.6 Å². The van der Waals surface area contributed by atoms with Crippen molar-refractivity contribution in [3.63, 3.8) is 0 Å². The first-order valence-electron chi connectivity index (χ1n) is 9.91. The summed E-state index contributed by atoms with van der Waals surface area (Å²) < 4.78 is 2.20. The predicted octanol–water partition coefficient (Wildman–Crippen LogP) is 6.98. The highest BCUT2D eigenvalue weighted by Crippen LogP contribution is 2.33. The lowest BCUT2D eigenvalue weighted by atomic mass is 9.98. The van der Waals surface area contributed by atoms with E-state index in [-0.39, 0.29) is 0 Å². The van der Waals surface area contributed by atoms with E-state index in [9.17, 15) is 0 Å². The molecule has 2 aromatic heterocycles. The fraction of sp³-hybridized carbons (Fsp3) is 0.0741. The van der Waals surface area contributed by atoms with Gasteiger partial charge < -0.3 is 4.57 Å². The average Bonchev–Trinajstić information content (AvgIpc) is 3.19. The number of hydrogen-bond acceptors (Lipinski definition) is 1. The molecule has 2 heterocycles. The first kappa shape index (κ1) is 17.4. The average molecular weight is 374 g/mol. The molecule has 29 heavy (non-hydrogen) atoms. The van der Waals surface area contributed by atoms with E-state index in [0.29, 0.717) is 0 Å². The maximum absolute atomic E-state index is 5.10. The van der Waals surface area contributed by atoms with Gasteiger partial charge in [0.15, 0.2) is 0 Å². The zero-order valence-electron chi connectivity index (χ0n) is 16.6. The van der Waals surface area contributed by atoms with Gasteiger partial charge in [-0.25, -0.2) is 4.98 Å². The Bertz CT molecular complexity index is 1300. The molecule has 0 bridgehead atoms. The van der Waals surface area contributed by atoms with Gasteiger partial charge in [0, 0.05) is 17.3 Å². The summed E-state index contributed by atoms with van der Waals surface area (Å²) in [5.74, 6) is 0.975. The van der Waals surface area contributed by atoms with Crippen LogP contribution in [0.2, 0.25) is 0 Å². The van der Waals surface area contributed by atoms with E-state index in [1.54, 1.807) is 0 Å². The van der Waals surface area contributed by atoms with Crippen molar-refractivity contribution in [3.05, 3.63) is 108 Å². The summed E-state index contributed by atoms with van der Waals surface area (Å²) in [5.41, 5.74) is 8.15. The van der Waals surface area contributed by atoms with E-state index < -0.39 is 0 Å². The fourth-order valence-corrected chi connectivity index (χ4v) is 3.89. The molecule has 0 aliphatic heterocycles. The molecule has 0 unspecified atom stereocenters. The first-order valence-corrected chi connectivity index (χ1v) is 9.91. The molecule has 0 N–H and O–H groups in total. The van der Waals surface area contributed by atoms with Crippen molar-refractivity contribution in [1.82, 2.24) is 9.55 Å². The number of para-hydroxylation sites is 1. The fourth-order valence-electron chi connectivity index (χ4n) is 3.89. The molecule has 2 nitrogen and oxygen atoms in total. The van der Waals surface area contributed by atoms with Crippen LogP contribution in [0.3, 0.4) is 0 Å². The van der Waals surface area contributed by atoms with E-state index in [1.165, 1.54) is 33.2 Å². The molecule has 5 rings (SSSR count). The molecule has 0 saturated heterocycles. The summed E-state index contributed by atoms with van der Waals surface area (Å²) in [6.07, 6.45) is 2.12. The Labute approximate surface area is 171 Å². The van der Waals surface area contributed by atoms with E-state index >= 15 is 0 Å². The van der Waals surface area contributed by atoms with Crippen molar-refractivity contribution >= 4 is 10.9 Å². The lowest BCUT2D eigenvalue weighted by Gasteiger charge is -2.16. The molecule has 5 aromatic rings. The van der Waals surface area contributed by atoms with Crippen LogP contribution < -0.4 is 0 Å². The zero-order chi connectivity index (χ0) is 19.8. The van der Waals surface area contributed by atoms with Gasteiger partial charge in [0.25, 0.3) is 0 Å². The molecular weight excluding hydrogens is 352 g/mol. The third kappa shape index (κ3) is 3.13. The number of fused-ring (bicyclic) bond motifs is 1. The SMILES string of the molecule is Cc1ccc(-c2cc(-c3ccccc3)nc(-n3ccc4ccccc43)c2C)cc1. The first-order chi connectivity index (χ1) is 14.2. The third-order valence-corrected chi connectivity index (χ3v) is 5.51. The second-order valence-electron chi connectivity index (χ2n) is 7.48. The topological polar surface area (TPSA) is 17.8 Å². The van der Waals surface area contributed by atoms with Gasteiger partial charge in [-0.1, -0.05) is 78.4 Å². The van der Waals surface area contributed by atoms with Gasteiger partial charge >= 0.3 is 0 Å². The molecule has 0 fully saturated rings. The highest BCUT2D eigenvalue weighted by Gasteiger charge is 2.15. The lowest BCUT2D eigenvalue weighted by Crippen LogP contribution is -2.03. The molecule has 0 amide bonds. The van der Waals surface area contributed by atoms with Gasteiger partial charge in [-0.3, -0.25) is 0 Å². The lowest BCUT2D eigenvalue weighted by molar-refractivity contribution is 1.03. The number of aryl methyl sites for hydroxylation is 1. The van der Waals surface area contributed by atoms with Gasteiger partial charge in [0.1, 0.15) is 5.82 Å². The van der Waals surface area contributed by atoms with Gasteiger partial charge in [-0.2, -0.15) is 0 Å². The third-order valence-electron chi connectivity index (χ3n) is 5.51. The molecule has 0 spiro atoms. The summed E-state index contributed by atoms with van der Waals surface area (Å²) in [4.78, 5) is 5.10. The van der Waals surface area contributed by atoms with E-state index in [0.717, 1.165) is 17.1 Å². The minimum atomic E-state index is 0.975. The Balaban J connectivity index is 1.80. The van der Waals surface area contributed by atoms with Crippen LogP contribution in [0.15, 0.2) is 97.2 Å². The second kappa shape index (κ2) is 7.06. The molecule has 2 heteroatoms. The van der Waals surface area contributed by atoms with Gasteiger partial charge in [-0.15, -0.1) is 0 Å². The molecule has 0 aliphatic rings. The van der Waals surface area contributed by atoms with Crippen LogP contribution in [0, 0.1) is 13.8 Å². The summed E-state index contributed by atoms with van der Waals surface area (Å²) >= 11 is 0. The second-order valence-corrected chi connectivity index (χ2v) is 7.48. The maximum atomic E-state index is 5.10. The Morgan fingerprint density at radius 2 is 1.41 bits per heavy atom. The molecular formula is C27H22N2. The van der Waals surface area contributed by atoms with E-state index in [1.807, 2.05) is 6.07 Å². The summed E-state index contributed by atoms with van der Waals surface area (Å²) in [5, 5.41) is 1.22. The van der Waals surface area contributed by atoms with Crippen molar-refractivity contribution in [2.75, 3.05) is 0 Å². The highest BCUT2D eigenvalue weighted by molar-refractivity contribution is 5.83. The Hall–Kier alpha value is -3.65. The summed E-state index contributed by atoms with van der Waals surface area (Å²) in [6.45, 7) is 4.29.